The van der Waals surface area contributed by atoms with Gasteiger partial charge in [-0.25, -0.2) is 4.79 Å². The van der Waals surface area contributed by atoms with E-state index < -0.39 is 17.9 Å². The standard InChI is InChI=1S/C12H12N2O5/c1-19-12(18)8-5-13-3-2-9(8)14-6-7(11(16)17)4-10(14)15/h2-3,5,7H,4,6H2,1H3,(H,16,17). The molecule has 0 aliphatic carbocycles. The molecule has 1 aliphatic rings. The highest BCUT2D eigenvalue weighted by molar-refractivity contribution is 6.05. The van der Waals surface area contributed by atoms with Crippen molar-refractivity contribution in [3.63, 3.8) is 0 Å². The molecule has 1 unspecified atom stereocenters. The lowest BCUT2D eigenvalue weighted by Crippen LogP contribution is -2.27. The number of anilines is 1. The first kappa shape index (κ1) is 13.0. The smallest absolute Gasteiger partial charge is 0.341 e. The number of methoxy groups -OCH3 is 1. The number of aromatic nitrogens is 1. The summed E-state index contributed by atoms with van der Waals surface area (Å²) in [6.07, 6.45) is 2.66. The van der Waals surface area contributed by atoms with Crippen molar-refractivity contribution in [2.24, 2.45) is 5.92 Å². The number of pyridine rings is 1. The fraction of sp³-hybridized carbons (Fsp3) is 0.333. The summed E-state index contributed by atoms with van der Waals surface area (Å²) in [7, 11) is 1.23. The molecule has 2 rings (SSSR count). The monoisotopic (exact) mass is 264 g/mol. The average molecular weight is 264 g/mol. The number of ether oxygens (including phenoxy) is 1. The van der Waals surface area contributed by atoms with Crippen LogP contribution >= 0.6 is 0 Å². The van der Waals surface area contributed by atoms with E-state index in [2.05, 4.69) is 9.72 Å². The van der Waals surface area contributed by atoms with E-state index in [4.69, 9.17) is 5.11 Å². The van der Waals surface area contributed by atoms with E-state index in [9.17, 15) is 14.4 Å². The highest BCUT2D eigenvalue weighted by Crippen LogP contribution is 2.28. The fourth-order valence-corrected chi connectivity index (χ4v) is 2.00. The van der Waals surface area contributed by atoms with Crippen molar-refractivity contribution in [2.45, 2.75) is 6.42 Å². The third-order valence-electron chi connectivity index (χ3n) is 2.97. The molecule has 1 N–H and O–H groups in total. The Balaban J connectivity index is 2.35. The van der Waals surface area contributed by atoms with Gasteiger partial charge in [-0.2, -0.15) is 0 Å². The van der Waals surface area contributed by atoms with Crippen molar-refractivity contribution in [1.82, 2.24) is 4.98 Å². The average Bonchev–Trinajstić information content (AvgIpc) is 2.80. The topological polar surface area (TPSA) is 96.8 Å². The first-order valence-corrected chi connectivity index (χ1v) is 5.60. The molecule has 100 valence electrons. The minimum absolute atomic E-state index is 0.0438. The van der Waals surface area contributed by atoms with Crippen LogP contribution in [-0.2, 0) is 14.3 Å². The zero-order valence-electron chi connectivity index (χ0n) is 10.2. The Morgan fingerprint density at radius 2 is 2.26 bits per heavy atom. The number of carboxylic acid groups (broad SMARTS) is 1. The Bertz CT molecular complexity index is 543. The highest BCUT2D eigenvalue weighted by Gasteiger charge is 2.36. The van der Waals surface area contributed by atoms with E-state index in [0.29, 0.717) is 5.69 Å². The number of carbonyl (C=O) groups is 3. The Kier molecular flexibility index (Phi) is 3.46. The summed E-state index contributed by atoms with van der Waals surface area (Å²) in [6.45, 7) is 0.0438. The van der Waals surface area contributed by atoms with Gasteiger partial charge in [0.2, 0.25) is 5.91 Å². The summed E-state index contributed by atoms with van der Waals surface area (Å²) in [5.41, 5.74) is 0.472. The van der Waals surface area contributed by atoms with Crippen molar-refractivity contribution in [3.05, 3.63) is 24.0 Å². The van der Waals surface area contributed by atoms with Crippen molar-refractivity contribution in [2.75, 3.05) is 18.6 Å². The summed E-state index contributed by atoms with van der Waals surface area (Å²) in [4.78, 5) is 39.4. The predicted octanol–water partition coefficient (Wildman–Crippen LogP) is 0.306. The van der Waals surface area contributed by atoms with Gasteiger partial charge < -0.3 is 14.7 Å². The minimum atomic E-state index is -1.02. The quantitative estimate of drug-likeness (QED) is 0.789. The van der Waals surface area contributed by atoms with Crippen LogP contribution in [0.3, 0.4) is 0 Å². The molecule has 1 amide bonds. The Morgan fingerprint density at radius 1 is 1.53 bits per heavy atom. The lowest BCUT2D eigenvalue weighted by Gasteiger charge is -2.18. The van der Waals surface area contributed by atoms with Crippen LogP contribution in [-0.4, -0.2) is 41.6 Å². The largest absolute Gasteiger partial charge is 0.481 e. The van der Waals surface area contributed by atoms with Gasteiger partial charge in [-0.05, 0) is 6.07 Å². The van der Waals surface area contributed by atoms with E-state index in [0.717, 1.165) is 0 Å². The third kappa shape index (κ3) is 2.40. The number of carboxylic acids is 1. The zero-order valence-corrected chi connectivity index (χ0v) is 10.2. The Hall–Kier alpha value is -2.44. The van der Waals surface area contributed by atoms with Gasteiger partial charge in [-0.15, -0.1) is 0 Å². The molecule has 1 aromatic heterocycles. The first-order valence-electron chi connectivity index (χ1n) is 5.60. The number of rotatable bonds is 3. The van der Waals surface area contributed by atoms with Gasteiger partial charge in [0.15, 0.2) is 0 Å². The molecular weight excluding hydrogens is 252 g/mol. The molecular formula is C12H12N2O5. The Labute approximate surface area is 108 Å². The number of esters is 1. The van der Waals surface area contributed by atoms with Crippen LogP contribution in [0.4, 0.5) is 5.69 Å². The van der Waals surface area contributed by atoms with Gasteiger partial charge in [-0.3, -0.25) is 14.6 Å². The first-order chi connectivity index (χ1) is 9.04. The highest BCUT2D eigenvalue weighted by atomic mass is 16.5. The molecule has 7 nitrogen and oxygen atoms in total. The molecule has 1 saturated heterocycles. The van der Waals surface area contributed by atoms with Crippen LogP contribution in [0.25, 0.3) is 0 Å². The molecule has 1 fully saturated rings. The van der Waals surface area contributed by atoms with Gasteiger partial charge in [0.1, 0.15) is 5.56 Å². The lowest BCUT2D eigenvalue weighted by molar-refractivity contribution is -0.141. The molecule has 19 heavy (non-hydrogen) atoms. The molecule has 7 heteroatoms. The van der Waals surface area contributed by atoms with Crippen molar-refractivity contribution in [3.8, 4) is 0 Å². The normalized spacial score (nSPS) is 18.5. The van der Waals surface area contributed by atoms with Gasteiger partial charge in [0.25, 0.3) is 0 Å². The predicted molar refractivity (Wildman–Crippen MR) is 63.7 cm³/mol. The number of carbonyl (C=O) groups excluding carboxylic acids is 2. The molecule has 0 spiro atoms. The number of aliphatic carboxylic acids is 1. The summed E-state index contributed by atoms with van der Waals surface area (Å²) < 4.78 is 4.61. The molecule has 0 saturated carbocycles. The second-order valence-electron chi connectivity index (χ2n) is 4.13. The number of amides is 1. The third-order valence-corrected chi connectivity index (χ3v) is 2.97. The van der Waals surface area contributed by atoms with Gasteiger partial charge in [-0.1, -0.05) is 0 Å². The number of hydrogen-bond donors (Lipinski definition) is 1. The molecule has 1 aliphatic heterocycles. The van der Waals surface area contributed by atoms with Crippen LogP contribution < -0.4 is 4.90 Å². The molecule has 1 aromatic rings. The van der Waals surface area contributed by atoms with Crippen LogP contribution in [0.5, 0.6) is 0 Å². The maximum absolute atomic E-state index is 11.8. The van der Waals surface area contributed by atoms with Crippen molar-refractivity contribution >= 4 is 23.5 Å². The maximum atomic E-state index is 11.8. The summed E-state index contributed by atoms with van der Waals surface area (Å²) >= 11 is 0. The number of nitrogens with zero attached hydrogens (tertiary/aromatic N) is 2. The SMILES string of the molecule is COC(=O)c1cnccc1N1CC(C(=O)O)CC1=O. The summed E-state index contributed by atoms with van der Waals surface area (Å²) in [5, 5.41) is 8.94. The van der Waals surface area contributed by atoms with E-state index in [1.54, 1.807) is 0 Å². The Morgan fingerprint density at radius 3 is 2.84 bits per heavy atom. The van der Waals surface area contributed by atoms with Crippen LogP contribution in [0.1, 0.15) is 16.8 Å². The second-order valence-corrected chi connectivity index (χ2v) is 4.13. The molecule has 1 atom stereocenters. The van der Waals surface area contributed by atoms with Gasteiger partial charge >= 0.3 is 11.9 Å². The summed E-state index contributed by atoms with van der Waals surface area (Å²) in [5.74, 6) is -2.73. The minimum Gasteiger partial charge on any atom is -0.481 e. The fourth-order valence-electron chi connectivity index (χ4n) is 2.00. The molecule has 0 bridgehead atoms. The van der Waals surface area contributed by atoms with E-state index in [1.165, 1.54) is 30.5 Å². The van der Waals surface area contributed by atoms with Crippen LogP contribution in [0.2, 0.25) is 0 Å². The molecule has 0 radical (unpaired) electrons. The molecule has 2 heterocycles. The van der Waals surface area contributed by atoms with E-state index >= 15 is 0 Å². The molecule has 0 aromatic carbocycles. The van der Waals surface area contributed by atoms with Crippen LogP contribution in [0, 0.1) is 5.92 Å². The van der Waals surface area contributed by atoms with E-state index in [1.807, 2.05) is 0 Å². The van der Waals surface area contributed by atoms with Gasteiger partial charge in [0.05, 0.1) is 18.7 Å². The van der Waals surface area contributed by atoms with Crippen LogP contribution in [0.15, 0.2) is 18.5 Å². The van der Waals surface area contributed by atoms with Gasteiger partial charge in [0, 0.05) is 25.4 Å². The summed E-state index contributed by atoms with van der Waals surface area (Å²) in [6, 6.07) is 1.49. The zero-order chi connectivity index (χ0) is 14.0. The maximum Gasteiger partial charge on any atom is 0.341 e. The second kappa shape index (κ2) is 5.05. The lowest BCUT2D eigenvalue weighted by atomic mass is 10.1. The van der Waals surface area contributed by atoms with Crippen molar-refractivity contribution in [1.29, 1.82) is 0 Å². The number of hydrogen-bond acceptors (Lipinski definition) is 5. The van der Waals surface area contributed by atoms with Crippen molar-refractivity contribution < 1.29 is 24.2 Å². The van der Waals surface area contributed by atoms with E-state index in [-0.39, 0.29) is 24.4 Å².